The molecule has 0 aliphatic heterocycles. The van der Waals surface area contributed by atoms with Gasteiger partial charge in [-0.3, -0.25) is 4.99 Å². The molecule has 1 aromatic heterocycles. The van der Waals surface area contributed by atoms with Gasteiger partial charge in [0.1, 0.15) is 16.9 Å². The van der Waals surface area contributed by atoms with Gasteiger partial charge in [0.2, 0.25) is 0 Å². The molecule has 0 spiro atoms. The molecule has 0 aliphatic rings. The second-order valence-electron chi connectivity index (χ2n) is 5.31. The third-order valence-corrected chi connectivity index (χ3v) is 3.82. The molecule has 4 aromatic rings. The molecule has 1 heterocycles. The number of rotatable bonds is 3. The Kier molecular flexibility index (Phi) is 3.31. The van der Waals surface area contributed by atoms with Crippen molar-refractivity contribution in [2.24, 2.45) is 4.99 Å². The molecule has 112 valence electrons. The van der Waals surface area contributed by atoms with Crippen LogP contribution in [0.5, 0.6) is 5.75 Å². The molecule has 3 aromatic carbocycles. The van der Waals surface area contributed by atoms with Crippen LogP contribution in [0.3, 0.4) is 0 Å². The highest BCUT2D eigenvalue weighted by Gasteiger charge is 2.06. The second-order valence-corrected chi connectivity index (χ2v) is 5.31. The Morgan fingerprint density at radius 2 is 1.74 bits per heavy atom. The molecule has 0 atom stereocenters. The number of furan rings is 1. The zero-order chi connectivity index (χ0) is 15.6. The monoisotopic (exact) mass is 301 g/mol. The molecule has 0 unspecified atom stereocenters. The van der Waals surface area contributed by atoms with Crippen LogP contribution in [0.15, 0.2) is 76.1 Å². The van der Waals surface area contributed by atoms with Crippen LogP contribution < -0.4 is 4.74 Å². The lowest BCUT2D eigenvalue weighted by Gasteiger charge is -2.00. The van der Waals surface area contributed by atoms with Crippen molar-refractivity contribution in [3.05, 3.63) is 72.3 Å². The standard InChI is InChI=1S/C20H15NO2/c1-22-16-6-4-5-14(11-16)13-21-15-9-10-20-18(12-15)17-7-2-3-8-19(17)23-20/h2-13H,1H3. The summed E-state index contributed by atoms with van der Waals surface area (Å²) in [5, 5.41) is 2.20. The minimum absolute atomic E-state index is 0.824. The predicted molar refractivity (Wildman–Crippen MR) is 94.0 cm³/mol. The van der Waals surface area contributed by atoms with Crippen LogP contribution in [0, 0.1) is 0 Å². The lowest BCUT2D eigenvalue weighted by Crippen LogP contribution is -1.85. The molecule has 0 saturated heterocycles. The van der Waals surface area contributed by atoms with Gasteiger partial charge in [-0.25, -0.2) is 0 Å². The van der Waals surface area contributed by atoms with E-state index in [1.165, 1.54) is 0 Å². The van der Waals surface area contributed by atoms with Gasteiger partial charge in [0.15, 0.2) is 0 Å². The molecule has 0 fully saturated rings. The summed E-state index contributed by atoms with van der Waals surface area (Å²) in [7, 11) is 1.66. The van der Waals surface area contributed by atoms with Crippen molar-refractivity contribution in [2.45, 2.75) is 0 Å². The molecule has 0 aliphatic carbocycles. The summed E-state index contributed by atoms with van der Waals surface area (Å²) in [5.74, 6) is 0.824. The quantitative estimate of drug-likeness (QED) is 0.478. The van der Waals surface area contributed by atoms with Crippen molar-refractivity contribution in [3.8, 4) is 5.75 Å². The van der Waals surface area contributed by atoms with Crippen LogP contribution in [0.4, 0.5) is 5.69 Å². The number of ether oxygens (including phenoxy) is 1. The van der Waals surface area contributed by atoms with E-state index >= 15 is 0 Å². The zero-order valence-electron chi connectivity index (χ0n) is 12.7. The molecule has 3 nitrogen and oxygen atoms in total. The number of hydrogen-bond acceptors (Lipinski definition) is 3. The van der Waals surface area contributed by atoms with Gasteiger partial charge >= 0.3 is 0 Å². The zero-order valence-corrected chi connectivity index (χ0v) is 12.7. The minimum Gasteiger partial charge on any atom is -0.497 e. The number of hydrogen-bond donors (Lipinski definition) is 0. The second kappa shape index (κ2) is 5.61. The number of fused-ring (bicyclic) bond motifs is 3. The van der Waals surface area contributed by atoms with Gasteiger partial charge in [-0.2, -0.15) is 0 Å². The summed E-state index contributed by atoms with van der Waals surface area (Å²) in [6.45, 7) is 0. The van der Waals surface area contributed by atoms with Crippen molar-refractivity contribution in [1.29, 1.82) is 0 Å². The molecule has 0 saturated carbocycles. The fourth-order valence-corrected chi connectivity index (χ4v) is 2.67. The van der Waals surface area contributed by atoms with Crippen molar-refractivity contribution >= 4 is 33.8 Å². The van der Waals surface area contributed by atoms with Crippen LogP contribution in [0.1, 0.15) is 5.56 Å². The average Bonchev–Trinajstić information content (AvgIpc) is 2.98. The topological polar surface area (TPSA) is 34.7 Å². The maximum Gasteiger partial charge on any atom is 0.135 e. The number of methoxy groups -OCH3 is 1. The highest BCUT2D eigenvalue weighted by atomic mass is 16.5. The summed E-state index contributed by atoms with van der Waals surface area (Å²) in [5.41, 5.74) is 3.68. The van der Waals surface area contributed by atoms with E-state index in [0.717, 1.165) is 38.9 Å². The lowest BCUT2D eigenvalue weighted by molar-refractivity contribution is 0.415. The molecule has 3 heteroatoms. The minimum atomic E-state index is 0.824. The van der Waals surface area contributed by atoms with E-state index in [2.05, 4.69) is 17.1 Å². The molecule has 4 rings (SSSR count). The third-order valence-electron chi connectivity index (χ3n) is 3.82. The molecule has 0 amide bonds. The first-order chi connectivity index (χ1) is 11.3. The fraction of sp³-hybridized carbons (Fsp3) is 0.0500. The highest BCUT2D eigenvalue weighted by molar-refractivity contribution is 6.05. The summed E-state index contributed by atoms with van der Waals surface area (Å²) in [4.78, 5) is 4.57. The maximum absolute atomic E-state index is 5.83. The normalized spacial score (nSPS) is 11.5. The molecule has 0 bridgehead atoms. The number of benzene rings is 3. The first kappa shape index (κ1) is 13.6. The molecule has 23 heavy (non-hydrogen) atoms. The van der Waals surface area contributed by atoms with E-state index in [1.54, 1.807) is 7.11 Å². The Morgan fingerprint density at radius 3 is 2.65 bits per heavy atom. The number of aliphatic imine (C=N–C) groups is 1. The Morgan fingerprint density at radius 1 is 0.870 bits per heavy atom. The SMILES string of the molecule is COc1cccc(C=Nc2ccc3oc4ccccc4c3c2)c1. The van der Waals surface area contributed by atoms with E-state index in [1.807, 2.05) is 60.8 Å². The van der Waals surface area contributed by atoms with Gasteiger partial charge in [-0.1, -0.05) is 30.3 Å². The van der Waals surface area contributed by atoms with Gasteiger partial charge in [-0.05, 0) is 42.0 Å². The summed E-state index contributed by atoms with van der Waals surface area (Å²) in [6, 6.07) is 21.8. The first-order valence-corrected chi connectivity index (χ1v) is 7.43. The molecule has 0 radical (unpaired) electrons. The van der Waals surface area contributed by atoms with Crippen molar-refractivity contribution in [2.75, 3.05) is 7.11 Å². The van der Waals surface area contributed by atoms with Gasteiger partial charge in [0, 0.05) is 17.0 Å². The van der Waals surface area contributed by atoms with Crippen LogP contribution in [0.2, 0.25) is 0 Å². The summed E-state index contributed by atoms with van der Waals surface area (Å²) in [6.07, 6.45) is 1.84. The van der Waals surface area contributed by atoms with E-state index in [9.17, 15) is 0 Å². The molecule has 0 N–H and O–H groups in total. The Labute approximate surface area is 133 Å². The Balaban J connectivity index is 1.73. The average molecular weight is 301 g/mol. The molecular weight excluding hydrogens is 286 g/mol. The van der Waals surface area contributed by atoms with E-state index in [4.69, 9.17) is 9.15 Å². The van der Waals surface area contributed by atoms with Gasteiger partial charge < -0.3 is 9.15 Å². The summed E-state index contributed by atoms with van der Waals surface area (Å²) < 4.78 is 11.1. The number of nitrogens with zero attached hydrogens (tertiary/aromatic N) is 1. The fourth-order valence-electron chi connectivity index (χ4n) is 2.67. The molecular formula is C20H15NO2. The highest BCUT2D eigenvalue weighted by Crippen LogP contribution is 2.31. The van der Waals surface area contributed by atoms with Crippen LogP contribution in [0.25, 0.3) is 21.9 Å². The Hall–Kier alpha value is -3.07. The van der Waals surface area contributed by atoms with Crippen molar-refractivity contribution in [3.63, 3.8) is 0 Å². The van der Waals surface area contributed by atoms with E-state index in [0.29, 0.717) is 0 Å². The predicted octanol–water partition coefficient (Wildman–Crippen LogP) is 5.35. The van der Waals surface area contributed by atoms with Gasteiger partial charge in [-0.15, -0.1) is 0 Å². The van der Waals surface area contributed by atoms with E-state index in [-0.39, 0.29) is 0 Å². The van der Waals surface area contributed by atoms with Gasteiger partial charge in [0.05, 0.1) is 12.8 Å². The van der Waals surface area contributed by atoms with Crippen molar-refractivity contribution in [1.82, 2.24) is 0 Å². The first-order valence-electron chi connectivity index (χ1n) is 7.43. The van der Waals surface area contributed by atoms with E-state index < -0.39 is 0 Å². The van der Waals surface area contributed by atoms with Crippen molar-refractivity contribution < 1.29 is 9.15 Å². The Bertz CT molecular complexity index is 1010. The smallest absolute Gasteiger partial charge is 0.135 e. The maximum atomic E-state index is 5.83. The van der Waals surface area contributed by atoms with Gasteiger partial charge in [0.25, 0.3) is 0 Å². The van der Waals surface area contributed by atoms with Crippen LogP contribution >= 0.6 is 0 Å². The van der Waals surface area contributed by atoms with Crippen LogP contribution in [-0.4, -0.2) is 13.3 Å². The number of para-hydroxylation sites is 1. The third kappa shape index (κ3) is 2.57. The van der Waals surface area contributed by atoms with Crippen LogP contribution in [-0.2, 0) is 0 Å². The lowest BCUT2D eigenvalue weighted by atomic mass is 10.1. The summed E-state index contributed by atoms with van der Waals surface area (Å²) >= 11 is 0. The largest absolute Gasteiger partial charge is 0.497 e.